The number of methoxy groups -OCH3 is 1. The number of halogens is 2. The van der Waals surface area contributed by atoms with E-state index in [-0.39, 0.29) is 41.6 Å². The van der Waals surface area contributed by atoms with Gasteiger partial charge in [-0.15, -0.1) is 0 Å². The maximum Gasteiger partial charge on any atom is 0.224 e. The molecule has 1 fully saturated rings. The first kappa shape index (κ1) is 29.6. The fraction of sp³-hybridized carbons (Fsp3) is 0.542. The van der Waals surface area contributed by atoms with Crippen molar-refractivity contribution in [1.82, 2.24) is 19.2 Å². The number of aliphatic hydroxyl groups excluding tert-OH is 1. The summed E-state index contributed by atoms with van der Waals surface area (Å²) in [4.78, 5) is 22.9. The smallest absolute Gasteiger partial charge is 0.224 e. The van der Waals surface area contributed by atoms with Gasteiger partial charge in [-0.1, -0.05) is 6.92 Å². The zero-order valence-corrected chi connectivity index (χ0v) is 22.3. The molecule has 4 N–H and O–H groups in total. The molecule has 1 aromatic heterocycles. The molecule has 0 unspecified atom stereocenters. The van der Waals surface area contributed by atoms with E-state index in [1.807, 2.05) is 6.92 Å². The van der Waals surface area contributed by atoms with Crippen LogP contribution < -0.4 is 15.8 Å². The summed E-state index contributed by atoms with van der Waals surface area (Å²) >= 11 is 0. The van der Waals surface area contributed by atoms with Crippen molar-refractivity contribution >= 4 is 27.6 Å². The number of nitrogens with zero attached hydrogens (tertiary/aromatic N) is 4. The number of ketones is 1. The number of carbonyl (C=O) groups excluding carboxylic acids is 1. The number of hydrogen-bond acceptors (Lipinski definition) is 10. The number of aliphatic hydroxyl groups is 1. The summed E-state index contributed by atoms with van der Waals surface area (Å²) in [5, 5.41) is 12.4. The van der Waals surface area contributed by atoms with Gasteiger partial charge in [0, 0.05) is 38.4 Å². The molecule has 2 heterocycles. The zero-order chi connectivity index (χ0) is 27.9. The molecule has 1 aliphatic rings. The van der Waals surface area contributed by atoms with E-state index in [1.165, 1.54) is 11.4 Å². The van der Waals surface area contributed by atoms with Gasteiger partial charge in [-0.2, -0.15) is 4.98 Å². The van der Waals surface area contributed by atoms with Crippen molar-refractivity contribution in [2.75, 3.05) is 56.8 Å². The molecule has 1 aromatic carbocycles. The van der Waals surface area contributed by atoms with Crippen LogP contribution >= 0.6 is 0 Å². The number of nitrogens with one attached hydrogen (secondary N) is 1. The summed E-state index contributed by atoms with van der Waals surface area (Å²) in [6.45, 7) is 3.77. The lowest BCUT2D eigenvalue weighted by Crippen LogP contribution is -2.43. The Labute approximate surface area is 221 Å². The number of hydrogen-bond donors (Lipinski definition) is 3. The second-order valence-electron chi connectivity index (χ2n) is 9.01. The largest absolute Gasteiger partial charge is 0.496 e. The van der Waals surface area contributed by atoms with E-state index in [0.29, 0.717) is 45.4 Å². The van der Waals surface area contributed by atoms with E-state index < -0.39 is 33.0 Å². The van der Waals surface area contributed by atoms with Crippen LogP contribution in [0.2, 0.25) is 0 Å². The molecule has 1 saturated heterocycles. The summed E-state index contributed by atoms with van der Waals surface area (Å²) in [6.07, 6.45) is 3.46. The Kier molecular flexibility index (Phi) is 10.3. The topological polar surface area (TPSA) is 151 Å². The van der Waals surface area contributed by atoms with Gasteiger partial charge in [0.1, 0.15) is 17.1 Å². The monoisotopic (exact) mass is 556 g/mol. The Balaban J connectivity index is 1.58. The molecule has 1 aliphatic heterocycles. The summed E-state index contributed by atoms with van der Waals surface area (Å²) in [5.74, 6) is -3.71. The number of nitrogens with two attached hydrogens (primary N) is 1. The summed E-state index contributed by atoms with van der Waals surface area (Å²) in [6, 6.07) is 1.87. The predicted octanol–water partition coefficient (Wildman–Crippen LogP) is 1.83. The van der Waals surface area contributed by atoms with Crippen LogP contribution in [0.15, 0.2) is 18.3 Å². The number of aromatic nitrogens is 2. The van der Waals surface area contributed by atoms with Gasteiger partial charge in [0.25, 0.3) is 0 Å². The van der Waals surface area contributed by atoms with Crippen molar-refractivity contribution in [3.8, 4) is 5.75 Å². The maximum atomic E-state index is 14.3. The third kappa shape index (κ3) is 7.12. The van der Waals surface area contributed by atoms with E-state index in [2.05, 4.69) is 15.3 Å². The van der Waals surface area contributed by atoms with Crippen molar-refractivity contribution in [2.24, 2.45) is 0 Å². The molecule has 0 spiro atoms. The van der Waals surface area contributed by atoms with E-state index in [9.17, 15) is 27.1 Å². The summed E-state index contributed by atoms with van der Waals surface area (Å²) in [7, 11) is -2.19. The molecule has 14 heteroatoms. The Morgan fingerprint density at radius 3 is 2.61 bits per heavy atom. The highest BCUT2D eigenvalue weighted by Crippen LogP contribution is 2.28. The van der Waals surface area contributed by atoms with Gasteiger partial charge in [-0.25, -0.2) is 26.5 Å². The average molecular weight is 557 g/mol. The van der Waals surface area contributed by atoms with Crippen molar-refractivity contribution in [2.45, 2.75) is 38.6 Å². The lowest BCUT2D eigenvalue weighted by Gasteiger charge is -2.31. The fourth-order valence-electron chi connectivity index (χ4n) is 4.32. The van der Waals surface area contributed by atoms with Crippen molar-refractivity contribution in [3.05, 3.63) is 41.1 Å². The quantitative estimate of drug-likeness (QED) is 0.246. The van der Waals surface area contributed by atoms with Crippen LogP contribution in [0.1, 0.15) is 48.5 Å². The molecule has 3 rings (SSSR count). The molecule has 38 heavy (non-hydrogen) atoms. The SMILES string of the molecule is CCCN(CO)CCCS(=O)(=O)N1CCC(Nc2ncc(C(=O)c3c(OC)ccc(F)c3F)c(N)n2)CC1. The Morgan fingerprint density at radius 2 is 2.00 bits per heavy atom. The third-order valence-corrected chi connectivity index (χ3v) is 8.32. The molecule has 0 atom stereocenters. The first-order valence-electron chi connectivity index (χ1n) is 12.4. The maximum absolute atomic E-state index is 14.3. The van der Waals surface area contributed by atoms with Gasteiger partial charge >= 0.3 is 0 Å². The number of anilines is 2. The highest BCUT2D eigenvalue weighted by molar-refractivity contribution is 7.89. The van der Waals surface area contributed by atoms with Crippen molar-refractivity contribution in [1.29, 1.82) is 0 Å². The standard InChI is InChI=1S/C24H34F2N6O5S/c1-3-9-31(15-33)10-4-13-38(35,36)32-11-7-16(8-12-32)29-24-28-14-17(23(27)30-24)22(34)20-19(37-2)6-5-18(25)21(20)26/h5-6,14,16,33H,3-4,7-13,15H2,1-2H3,(H3,27,28,29,30). The lowest BCUT2D eigenvalue weighted by atomic mass is 10.0. The lowest BCUT2D eigenvalue weighted by molar-refractivity contribution is 0.103. The molecule has 0 radical (unpaired) electrons. The van der Waals surface area contributed by atoms with Crippen LogP contribution in [0.5, 0.6) is 5.75 Å². The van der Waals surface area contributed by atoms with Crippen LogP contribution in [0.3, 0.4) is 0 Å². The number of nitrogen functional groups attached to an aromatic ring is 1. The molecular formula is C24H34F2N6O5S. The van der Waals surface area contributed by atoms with Crippen LogP contribution in [-0.2, 0) is 10.0 Å². The third-order valence-electron chi connectivity index (χ3n) is 6.36. The molecule has 2 aromatic rings. The average Bonchev–Trinajstić information content (AvgIpc) is 2.89. The van der Waals surface area contributed by atoms with E-state index in [1.54, 1.807) is 4.90 Å². The highest BCUT2D eigenvalue weighted by atomic mass is 32.2. The van der Waals surface area contributed by atoms with Crippen molar-refractivity contribution < 1.29 is 31.8 Å². The van der Waals surface area contributed by atoms with Gasteiger partial charge in [-0.05, 0) is 37.8 Å². The molecule has 0 amide bonds. The van der Waals surface area contributed by atoms with Gasteiger partial charge in [0.05, 0.1) is 25.2 Å². The molecule has 0 saturated carbocycles. The van der Waals surface area contributed by atoms with Gasteiger partial charge in [0.15, 0.2) is 11.6 Å². The summed E-state index contributed by atoms with van der Waals surface area (Å²) in [5.41, 5.74) is 5.13. The Morgan fingerprint density at radius 1 is 1.29 bits per heavy atom. The number of piperidine rings is 1. The number of rotatable bonds is 13. The van der Waals surface area contributed by atoms with E-state index in [0.717, 1.165) is 24.8 Å². The Bertz CT molecular complexity index is 1230. The number of sulfonamides is 1. The fourth-order valence-corrected chi connectivity index (χ4v) is 5.84. The second-order valence-corrected chi connectivity index (χ2v) is 11.1. The van der Waals surface area contributed by atoms with Gasteiger partial charge < -0.3 is 20.9 Å². The number of benzene rings is 1. The number of ether oxygens (including phenoxy) is 1. The van der Waals surface area contributed by atoms with Gasteiger partial charge in [0.2, 0.25) is 21.8 Å². The molecule has 0 bridgehead atoms. The zero-order valence-electron chi connectivity index (χ0n) is 21.5. The van der Waals surface area contributed by atoms with Crippen molar-refractivity contribution in [3.63, 3.8) is 0 Å². The van der Waals surface area contributed by atoms with Gasteiger partial charge in [-0.3, -0.25) is 9.69 Å². The first-order chi connectivity index (χ1) is 18.1. The normalized spacial score (nSPS) is 15.1. The first-order valence-corrected chi connectivity index (χ1v) is 14.0. The molecule has 11 nitrogen and oxygen atoms in total. The molecular weight excluding hydrogens is 522 g/mol. The minimum absolute atomic E-state index is 0.0111. The number of carbonyl (C=O) groups is 1. The van der Waals surface area contributed by atoms with E-state index >= 15 is 0 Å². The second kappa shape index (κ2) is 13.2. The van der Waals surface area contributed by atoms with Crippen LogP contribution in [0.25, 0.3) is 0 Å². The minimum Gasteiger partial charge on any atom is -0.496 e. The minimum atomic E-state index is -3.42. The highest BCUT2D eigenvalue weighted by Gasteiger charge is 2.29. The predicted molar refractivity (Wildman–Crippen MR) is 138 cm³/mol. The van der Waals surface area contributed by atoms with Crippen LogP contribution in [0, 0.1) is 11.6 Å². The Hall–Kier alpha value is -2.94. The van der Waals surface area contributed by atoms with Crippen LogP contribution in [-0.4, -0.2) is 90.3 Å². The molecule has 0 aliphatic carbocycles. The molecule has 210 valence electrons. The van der Waals surface area contributed by atoms with Crippen LogP contribution in [0.4, 0.5) is 20.5 Å². The summed E-state index contributed by atoms with van der Waals surface area (Å²) < 4.78 is 60.0. The van der Waals surface area contributed by atoms with E-state index in [4.69, 9.17) is 10.5 Å².